The van der Waals surface area contributed by atoms with E-state index in [9.17, 15) is 4.79 Å². The number of benzene rings is 1. The van der Waals surface area contributed by atoms with Crippen LogP contribution in [0.15, 0.2) is 30.9 Å². The normalized spacial score (nSPS) is 24.9. The average Bonchev–Trinajstić information content (AvgIpc) is 2.75. The molecular weight excluding hydrogens is 238 g/mol. The molecule has 0 aromatic heterocycles. The highest BCUT2D eigenvalue weighted by atomic mass is 16.5. The molecule has 1 amide bonds. The maximum atomic E-state index is 12.2. The van der Waals surface area contributed by atoms with Gasteiger partial charge in [0.2, 0.25) is 5.91 Å². The minimum atomic E-state index is 0.244. The molecule has 1 saturated heterocycles. The molecule has 100 valence electrons. The van der Waals surface area contributed by atoms with Crippen LogP contribution in [0.25, 0.3) is 0 Å². The molecule has 0 spiro atoms. The third-order valence-corrected chi connectivity index (χ3v) is 4.36. The fourth-order valence-electron chi connectivity index (χ4n) is 3.58. The first-order valence-electron chi connectivity index (χ1n) is 6.82. The van der Waals surface area contributed by atoms with E-state index in [-0.39, 0.29) is 11.8 Å². The Morgan fingerprint density at radius 1 is 1.53 bits per heavy atom. The van der Waals surface area contributed by atoms with E-state index >= 15 is 0 Å². The van der Waals surface area contributed by atoms with Crippen molar-refractivity contribution in [2.75, 3.05) is 13.7 Å². The monoisotopic (exact) mass is 257 g/mol. The Kier molecular flexibility index (Phi) is 3.05. The van der Waals surface area contributed by atoms with Crippen LogP contribution in [0.2, 0.25) is 0 Å². The molecule has 1 aromatic rings. The van der Waals surface area contributed by atoms with Gasteiger partial charge in [-0.25, -0.2) is 0 Å². The maximum Gasteiger partial charge on any atom is 0.223 e. The van der Waals surface area contributed by atoms with Crippen molar-refractivity contribution in [1.29, 1.82) is 0 Å². The number of nitrogens with zero attached hydrogens (tertiary/aromatic N) is 1. The summed E-state index contributed by atoms with van der Waals surface area (Å²) in [5.41, 5.74) is 2.59. The molecule has 1 heterocycles. The third kappa shape index (κ3) is 1.84. The topological polar surface area (TPSA) is 29.5 Å². The minimum absolute atomic E-state index is 0.244. The van der Waals surface area contributed by atoms with Gasteiger partial charge in [-0.1, -0.05) is 18.2 Å². The van der Waals surface area contributed by atoms with E-state index in [1.165, 1.54) is 11.1 Å². The summed E-state index contributed by atoms with van der Waals surface area (Å²) in [5.74, 6) is 1.46. The van der Waals surface area contributed by atoms with Crippen LogP contribution in [0.3, 0.4) is 0 Å². The smallest absolute Gasteiger partial charge is 0.223 e. The SMILES string of the molecule is C=CCN1C(=O)C[C@@H]2c3c(cccc3OC)CC[C@@H]21. The minimum Gasteiger partial charge on any atom is -0.496 e. The first-order valence-corrected chi connectivity index (χ1v) is 6.82. The Balaban J connectivity index is 2.02. The van der Waals surface area contributed by atoms with Crippen molar-refractivity contribution in [2.45, 2.75) is 31.2 Å². The molecular formula is C16H19NO2. The van der Waals surface area contributed by atoms with Gasteiger partial charge in [0.15, 0.2) is 0 Å². The van der Waals surface area contributed by atoms with Crippen LogP contribution in [0, 0.1) is 0 Å². The molecule has 1 aliphatic heterocycles. The number of amides is 1. The molecule has 2 aliphatic rings. The van der Waals surface area contributed by atoms with Crippen molar-refractivity contribution >= 4 is 5.91 Å². The number of likely N-dealkylation sites (tertiary alicyclic amines) is 1. The molecule has 0 N–H and O–H groups in total. The summed E-state index contributed by atoms with van der Waals surface area (Å²) in [7, 11) is 1.71. The van der Waals surface area contributed by atoms with Gasteiger partial charge in [-0.2, -0.15) is 0 Å². The number of rotatable bonds is 3. The van der Waals surface area contributed by atoms with Crippen molar-refractivity contribution in [3.63, 3.8) is 0 Å². The van der Waals surface area contributed by atoms with Crippen molar-refractivity contribution in [2.24, 2.45) is 0 Å². The number of hydrogen-bond donors (Lipinski definition) is 0. The number of hydrogen-bond acceptors (Lipinski definition) is 2. The molecule has 0 bridgehead atoms. The first-order chi connectivity index (χ1) is 9.26. The van der Waals surface area contributed by atoms with Crippen molar-refractivity contribution in [3.8, 4) is 5.75 Å². The second kappa shape index (κ2) is 4.72. The number of fused-ring (bicyclic) bond motifs is 3. The lowest BCUT2D eigenvalue weighted by Crippen LogP contribution is -2.37. The predicted octanol–water partition coefficient (Wildman–Crippen LogP) is 2.51. The van der Waals surface area contributed by atoms with Crippen LogP contribution in [0.4, 0.5) is 0 Å². The van der Waals surface area contributed by atoms with Crippen molar-refractivity contribution in [3.05, 3.63) is 42.0 Å². The van der Waals surface area contributed by atoms with Gasteiger partial charge >= 0.3 is 0 Å². The molecule has 3 nitrogen and oxygen atoms in total. The van der Waals surface area contributed by atoms with E-state index in [1.807, 2.05) is 23.1 Å². The Morgan fingerprint density at radius 3 is 3.11 bits per heavy atom. The zero-order valence-electron chi connectivity index (χ0n) is 11.3. The standard InChI is InChI=1S/C16H19NO2/c1-3-9-17-13-8-7-11-5-4-6-14(19-2)16(11)12(13)10-15(17)18/h3-6,12-13H,1,7-10H2,2H3/t12-,13-/m0/s1. The van der Waals surface area contributed by atoms with Crippen molar-refractivity contribution in [1.82, 2.24) is 4.90 Å². The Morgan fingerprint density at radius 2 is 2.37 bits per heavy atom. The van der Waals surface area contributed by atoms with E-state index < -0.39 is 0 Å². The quantitative estimate of drug-likeness (QED) is 0.779. The molecule has 3 rings (SSSR count). The third-order valence-electron chi connectivity index (χ3n) is 4.36. The van der Waals surface area contributed by atoms with Gasteiger partial charge < -0.3 is 9.64 Å². The molecule has 1 fully saturated rings. The van der Waals surface area contributed by atoms with Crippen LogP contribution in [-0.2, 0) is 11.2 Å². The summed E-state index contributed by atoms with van der Waals surface area (Å²) in [6.07, 6.45) is 4.49. The highest BCUT2D eigenvalue weighted by Gasteiger charge is 2.43. The number of carbonyl (C=O) groups excluding carboxylic acids is 1. The summed E-state index contributed by atoms with van der Waals surface area (Å²) in [4.78, 5) is 14.2. The number of aryl methyl sites for hydroxylation is 1. The second-order valence-corrected chi connectivity index (χ2v) is 5.28. The Hall–Kier alpha value is -1.77. The molecule has 1 aromatic carbocycles. The number of methoxy groups -OCH3 is 1. The van der Waals surface area contributed by atoms with Crippen molar-refractivity contribution < 1.29 is 9.53 Å². The summed E-state index contributed by atoms with van der Waals surface area (Å²) in [6, 6.07) is 6.52. The van der Waals surface area contributed by atoms with Gasteiger partial charge in [0.05, 0.1) is 7.11 Å². The van der Waals surface area contributed by atoms with Crippen LogP contribution < -0.4 is 4.74 Å². The Bertz CT molecular complexity index is 509. The summed E-state index contributed by atoms with van der Waals surface area (Å²) in [5, 5.41) is 0. The predicted molar refractivity (Wildman–Crippen MR) is 74.4 cm³/mol. The largest absolute Gasteiger partial charge is 0.496 e. The zero-order valence-corrected chi connectivity index (χ0v) is 11.3. The Labute approximate surface area is 113 Å². The lowest BCUT2D eigenvalue weighted by molar-refractivity contribution is -0.128. The number of ether oxygens (including phenoxy) is 1. The van der Waals surface area contributed by atoms with Gasteiger partial charge in [0.1, 0.15) is 5.75 Å². The van der Waals surface area contributed by atoms with E-state index in [1.54, 1.807) is 7.11 Å². The van der Waals surface area contributed by atoms with E-state index in [0.29, 0.717) is 19.0 Å². The van der Waals surface area contributed by atoms with Crippen LogP contribution >= 0.6 is 0 Å². The highest BCUT2D eigenvalue weighted by molar-refractivity contribution is 5.81. The van der Waals surface area contributed by atoms with Gasteiger partial charge in [0, 0.05) is 30.5 Å². The molecule has 2 atom stereocenters. The second-order valence-electron chi connectivity index (χ2n) is 5.28. The lowest BCUT2D eigenvalue weighted by Gasteiger charge is -2.33. The average molecular weight is 257 g/mol. The van der Waals surface area contributed by atoms with Crippen LogP contribution in [0.1, 0.15) is 29.9 Å². The fourth-order valence-corrected chi connectivity index (χ4v) is 3.58. The zero-order chi connectivity index (χ0) is 13.4. The van der Waals surface area contributed by atoms with Gasteiger partial charge in [-0.05, 0) is 24.5 Å². The molecule has 1 aliphatic carbocycles. The molecule has 0 saturated carbocycles. The van der Waals surface area contributed by atoms with Crippen LogP contribution in [-0.4, -0.2) is 30.5 Å². The van der Waals surface area contributed by atoms with E-state index in [0.717, 1.165) is 18.6 Å². The fraction of sp³-hybridized carbons (Fsp3) is 0.438. The summed E-state index contributed by atoms with van der Waals surface area (Å²) >= 11 is 0. The lowest BCUT2D eigenvalue weighted by atomic mass is 9.79. The first kappa shape index (κ1) is 12.3. The molecule has 0 radical (unpaired) electrons. The molecule has 0 unspecified atom stereocenters. The van der Waals surface area contributed by atoms with E-state index in [4.69, 9.17) is 4.74 Å². The highest BCUT2D eigenvalue weighted by Crippen LogP contribution is 2.45. The summed E-state index contributed by atoms with van der Waals surface area (Å²) in [6.45, 7) is 4.41. The van der Waals surface area contributed by atoms with Gasteiger partial charge in [-0.15, -0.1) is 6.58 Å². The van der Waals surface area contributed by atoms with E-state index in [2.05, 4.69) is 12.6 Å². The molecule has 19 heavy (non-hydrogen) atoms. The maximum absolute atomic E-state index is 12.2. The van der Waals surface area contributed by atoms with Crippen LogP contribution in [0.5, 0.6) is 5.75 Å². The summed E-state index contributed by atoms with van der Waals surface area (Å²) < 4.78 is 5.50. The van der Waals surface area contributed by atoms with Gasteiger partial charge in [0.25, 0.3) is 0 Å². The molecule has 3 heteroatoms. The number of carbonyl (C=O) groups is 1. The van der Waals surface area contributed by atoms with Gasteiger partial charge in [-0.3, -0.25) is 4.79 Å².